The van der Waals surface area contributed by atoms with Crippen molar-refractivity contribution in [2.24, 2.45) is 5.92 Å². The van der Waals surface area contributed by atoms with Gasteiger partial charge in [0.05, 0.1) is 12.2 Å². The van der Waals surface area contributed by atoms with Crippen LogP contribution in [0.4, 0.5) is 5.82 Å². The summed E-state index contributed by atoms with van der Waals surface area (Å²) in [6.07, 6.45) is 2.11. The molecule has 0 aromatic carbocycles. The van der Waals surface area contributed by atoms with E-state index >= 15 is 0 Å². The first kappa shape index (κ1) is 12.1. The van der Waals surface area contributed by atoms with Crippen molar-refractivity contribution in [3.05, 3.63) is 11.4 Å². The van der Waals surface area contributed by atoms with Crippen molar-refractivity contribution in [1.82, 2.24) is 9.97 Å². The van der Waals surface area contributed by atoms with Gasteiger partial charge in [0, 0.05) is 13.2 Å². The van der Waals surface area contributed by atoms with E-state index in [0.717, 1.165) is 31.6 Å². The van der Waals surface area contributed by atoms with Crippen LogP contribution in [0.5, 0.6) is 5.88 Å². The fourth-order valence-electron chi connectivity index (χ4n) is 1.87. The highest BCUT2D eigenvalue weighted by molar-refractivity contribution is 5.44. The summed E-state index contributed by atoms with van der Waals surface area (Å²) in [5, 5.41) is 0. The van der Waals surface area contributed by atoms with Crippen LogP contribution < -0.4 is 10.5 Å². The summed E-state index contributed by atoms with van der Waals surface area (Å²) < 4.78 is 11.1. The molecule has 2 heterocycles. The normalized spacial score (nSPS) is 17.1. The standard InChI is InChI=1S/C12H19N3O2/c1-8-11(13)14-9(2)15-12(8)17-7-10-3-5-16-6-4-10/h10H,3-7H2,1-2H3,(H2,13,14,15). The molecule has 0 amide bonds. The van der Waals surface area contributed by atoms with E-state index in [2.05, 4.69) is 9.97 Å². The van der Waals surface area contributed by atoms with Crippen LogP contribution in [0, 0.1) is 19.8 Å². The predicted molar refractivity (Wildman–Crippen MR) is 65.0 cm³/mol. The van der Waals surface area contributed by atoms with Crippen LogP contribution in [-0.4, -0.2) is 29.8 Å². The molecule has 0 radical (unpaired) electrons. The first-order valence-corrected chi connectivity index (χ1v) is 5.98. The lowest BCUT2D eigenvalue weighted by molar-refractivity contribution is 0.0489. The van der Waals surface area contributed by atoms with Gasteiger partial charge in [0.2, 0.25) is 5.88 Å². The van der Waals surface area contributed by atoms with E-state index in [4.69, 9.17) is 15.2 Å². The van der Waals surface area contributed by atoms with E-state index in [9.17, 15) is 0 Å². The van der Waals surface area contributed by atoms with Crippen LogP contribution in [0.2, 0.25) is 0 Å². The molecule has 0 unspecified atom stereocenters. The second kappa shape index (κ2) is 5.31. The van der Waals surface area contributed by atoms with Gasteiger partial charge in [0.25, 0.3) is 0 Å². The zero-order valence-corrected chi connectivity index (χ0v) is 10.4. The summed E-state index contributed by atoms with van der Waals surface area (Å²) in [5.41, 5.74) is 6.60. The lowest BCUT2D eigenvalue weighted by Gasteiger charge is -2.22. The number of aryl methyl sites for hydroxylation is 1. The van der Waals surface area contributed by atoms with Gasteiger partial charge in [-0.05, 0) is 32.6 Å². The van der Waals surface area contributed by atoms with E-state index in [-0.39, 0.29) is 0 Å². The van der Waals surface area contributed by atoms with Gasteiger partial charge in [-0.1, -0.05) is 0 Å². The van der Waals surface area contributed by atoms with Crippen molar-refractivity contribution < 1.29 is 9.47 Å². The summed E-state index contributed by atoms with van der Waals surface area (Å²) in [6.45, 7) is 6.04. The third-order valence-electron chi connectivity index (χ3n) is 3.05. The van der Waals surface area contributed by atoms with Crippen LogP contribution in [-0.2, 0) is 4.74 Å². The summed E-state index contributed by atoms with van der Waals surface area (Å²) in [4.78, 5) is 8.37. The van der Waals surface area contributed by atoms with Gasteiger partial charge in [-0.25, -0.2) is 4.98 Å². The monoisotopic (exact) mass is 237 g/mol. The zero-order chi connectivity index (χ0) is 12.3. The number of nitrogens with zero attached hydrogens (tertiary/aromatic N) is 2. The van der Waals surface area contributed by atoms with Gasteiger partial charge in [-0.3, -0.25) is 0 Å². The Balaban J connectivity index is 1.98. The number of rotatable bonds is 3. The highest BCUT2D eigenvalue weighted by Crippen LogP contribution is 2.22. The Morgan fingerprint density at radius 1 is 1.29 bits per heavy atom. The molecule has 2 N–H and O–H groups in total. The first-order valence-electron chi connectivity index (χ1n) is 5.98. The van der Waals surface area contributed by atoms with E-state index in [1.54, 1.807) is 0 Å². The predicted octanol–water partition coefficient (Wildman–Crippen LogP) is 1.48. The largest absolute Gasteiger partial charge is 0.477 e. The van der Waals surface area contributed by atoms with Crippen molar-refractivity contribution in [2.45, 2.75) is 26.7 Å². The summed E-state index contributed by atoms with van der Waals surface area (Å²) in [7, 11) is 0. The van der Waals surface area contributed by atoms with E-state index in [0.29, 0.717) is 30.0 Å². The quantitative estimate of drug-likeness (QED) is 0.862. The van der Waals surface area contributed by atoms with Gasteiger partial charge < -0.3 is 15.2 Å². The van der Waals surface area contributed by atoms with Gasteiger partial charge in [0.1, 0.15) is 11.6 Å². The molecule has 5 nitrogen and oxygen atoms in total. The van der Waals surface area contributed by atoms with Gasteiger partial charge in [0.15, 0.2) is 0 Å². The van der Waals surface area contributed by atoms with Gasteiger partial charge in [-0.15, -0.1) is 0 Å². The molecule has 0 saturated carbocycles. The van der Waals surface area contributed by atoms with Crippen molar-refractivity contribution in [1.29, 1.82) is 0 Å². The zero-order valence-electron chi connectivity index (χ0n) is 10.4. The Kier molecular flexibility index (Phi) is 3.78. The lowest BCUT2D eigenvalue weighted by atomic mass is 10.0. The van der Waals surface area contributed by atoms with Crippen LogP contribution >= 0.6 is 0 Å². The first-order chi connectivity index (χ1) is 8.16. The average molecular weight is 237 g/mol. The van der Waals surface area contributed by atoms with Crippen molar-refractivity contribution >= 4 is 5.82 Å². The molecule has 17 heavy (non-hydrogen) atoms. The molecule has 1 aliphatic heterocycles. The fourth-order valence-corrected chi connectivity index (χ4v) is 1.87. The van der Waals surface area contributed by atoms with E-state index < -0.39 is 0 Å². The van der Waals surface area contributed by atoms with Gasteiger partial charge in [-0.2, -0.15) is 4.98 Å². The topological polar surface area (TPSA) is 70.3 Å². The van der Waals surface area contributed by atoms with Crippen molar-refractivity contribution in [3.8, 4) is 5.88 Å². The molecule has 1 saturated heterocycles. The van der Waals surface area contributed by atoms with Crippen LogP contribution in [0.3, 0.4) is 0 Å². The lowest BCUT2D eigenvalue weighted by Crippen LogP contribution is -2.22. The molecule has 5 heteroatoms. The van der Waals surface area contributed by atoms with Crippen molar-refractivity contribution in [2.75, 3.05) is 25.6 Å². The Morgan fingerprint density at radius 2 is 2.00 bits per heavy atom. The summed E-state index contributed by atoms with van der Waals surface area (Å²) >= 11 is 0. The molecule has 1 aliphatic rings. The minimum Gasteiger partial charge on any atom is -0.477 e. The maximum Gasteiger partial charge on any atom is 0.221 e. The minimum absolute atomic E-state index is 0.500. The number of nitrogen functional groups attached to an aromatic ring is 1. The maximum atomic E-state index is 5.78. The fraction of sp³-hybridized carbons (Fsp3) is 0.667. The van der Waals surface area contributed by atoms with Crippen LogP contribution in [0.25, 0.3) is 0 Å². The van der Waals surface area contributed by atoms with Crippen LogP contribution in [0.15, 0.2) is 0 Å². The molecular weight excluding hydrogens is 218 g/mol. The number of anilines is 1. The SMILES string of the molecule is Cc1nc(N)c(C)c(OCC2CCOCC2)n1. The Morgan fingerprint density at radius 3 is 2.71 bits per heavy atom. The smallest absolute Gasteiger partial charge is 0.221 e. The Bertz CT molecular complexity index is 390. The highest BCUT2D eigenvalue weighted by atomic mass is 16.5. The second-order valence-electron chi connectivity index (χ2n) is 4.45. The van der Waals surface area contributed by atoms with Crippen LogP contribution in [0.1, 0.15) is 24.2 Å². The number of aromatic nitrogens is 2. The van der Waals surface area contributed by atoms with E-state index in [1.807, 2.05) is 13.8 Å². The minimum atomic E-state index is 0.500. The molecular formula is C12H19N3O2. The van der Waals surface area contributed by atoms with Gasteiger partial charge >= 0.3 is 0 Å². The number of nitrogens with two attached hydrogens (primary N) is 1. The molecule has 1 aromatic rings. The molecule has 0 bridgehead atoms. The van der Waals surface area contributed by atoms with Crippen molar-refractivity contribution in [3.63, 3.8) is 0 Å². The van der Waals surface area contributed by atoms with E-state index in [1.165, 1.54) is 0 Å². The number of ether oxygens (including phenoxy) is 2. The molecule has 94 valence electrons. The molecule has 1 fully saturated rings. The maximum absolute atomic E-state index is 5.78. The number of hydrogen-bond acceptors (Lipinski definition) is 5. The summed E-state index contributed by atoms with van der Waals surface area (Å²) in [5.74, 6) is 2.32. The Hall–Kier alpha value is -1.36. The number of hydrogen-bond donors (Lipinski definition) is 1. The summed E-state index contributed by atoms with van der Waals surface area (Å²) in [6, 6.07) is 0. The molecule has 2 rings (SSSR count). The third-order valence-corrected chi connectivity index (χ3v) is 3.05. The third kappa shape index (κ3) is 3.06. The molecule has 0 aliphatic carbocycles. The second-order valence-corrected chi connectivity index (χ2v) is 4.45. The molecule has 1 aromatic heterocycles. The molecule has 0 spiro atoms. The Labute approximate surface area is 101 Å². The average Bonchev–Trinajstić information content (AvgIpc) is 2.33. The highest BCUT2D eigenvalue weighted by Gasteiger charge is 2.16. The molecule has 0 atom stereocenters.